The summed E-state index contributed by atoms with van der Waals surface area (Å²) in [6.45, 7) is 2.28. The predicted molar refractivity (Wildman–Crippen MR) is 97.5 cm³/mol. The van der Waals surface area contributed by atoms with Gasteiger partial charge in [0.2, 0.25) is 0 Å². The summed E-state index contributed by atoms with van der Waals surface area (Å²) in [5, 5.41) is 4.19. The Hall–Kier alpha value is -2.72. The first-order chi connectivity index (χ1) is 14.1. The van der Waals surface area contributed by atoms with Gasteiger partial charge in [-0.1, -0.05) is 0 Å². The van der Waals surface area contributed by atoms with Gasteiger partial charge >= 0.3 is 18.8 Å². The third-order valence-corrected chi connectivity index (χ3v) is 4.24. The first-order valence-corrected chi connectivity index (χ1v) is 9.32. The summed E-state index contributed by atoms with van der Waals surface area (Å²) in [5.74, 6) is -0.911. The van der Waals surface area contributed by atoms with Gasteiger partial charge in [0.05, 0.1) is 17.9 Å². The number of aryl methyl sites for hydroxylation is 2. The molecular formula is C19H22F5N3O3. The number of carbonyl (C=O) groups is 1. The zero-order valence-corrected chi connectivity index (χ0v) is 16.7. The van der Waals surface area contributed by atoms with Crippen LogP contribution in [0.15, 0.2) is 12.3 Å². The van der Waals surface area contributed by atoms with Gasteiger partial charge in [-0.05, 0) is 33.6 Å². The number of alkyl halides is 5. The molecule has 0 bridgehead atoms. The predicted octanol–water partition coefficient (Wildman–Crippen LogP) is 4.94. The van der Waals surface area contributed by atoms with Crippen LogP contribution in [0.3, 0.4) is 0 Å². The number of esters is 1. The van der Waals surface area contributed by atoms with Gasteiger partial charge < -0.3 is 9.47 Å². The molecule has 0 aliphatic rings. The molecule has 0 aromatic carbocycles. The summed E-state index contributed by atoms with van der Waals surface area (Å²) >= 11 is 0. The lowest BCUT2D eigenvalue weighted by molar-refractivity contribution is -0.135. The van der Waals surface area contributed by atoms with Crippen LogP contribution in [0, 0.1) is 6.92 Å². The quantitative estimate of drug-likeness (QED) is 0.413. The molecular weight excluding hydrogens is 413 g/mol. The van der Waals surface area contributed by atoms with Crippen molar-refractivity contribution in [3.8, 4) is 17.0 Å². The third-order valence-electron chi connectivity index (χ3n) is 4.24. The molecule has 2 aromatic heterocycles. The molecule has 0 unspecified atom stereocenters. The highest BCUT2D eigenvalue weighted by Crippen LogP contribution is 2.35. The van der Waals surface area contributed by atoms with E-state index in [4.69, 9.17) is 4.74 Å². The van der Waals surface area contributed by atoms with E-state index in [1.165, 1.54) is 16.9 Å². The molecule has 0 saturated heterocycles. The maximum Gasteiger partial charge on any atom is 0.389 e. The summed E-state index contributed by atoms with van der Waals surface area (Å²) in [6, 6.07) is 1.19. The summed E-state index contributed by atoms with van der Waals surface area (Å²) in [5.41, 5.74) is 1.10. The van der Waals surface area contributed by atoms with Crippen LogP contribution in [0.25, 0.3) is 11.3 Å². The fourth-order valence-electron chi connectivity index (χ4n) is 2.97. The van der Waals surface area contributed by atoms with Crippen LogP contribution < -0.4 is 4.74 Å². The monoisotopic (exact) mass is 435 g/mol. The Morgan fingerprint density at radius 1 is 1.27 bits per heavy atom. The molecule has 2 aromatic rings. The van der Waals surface area contributed by atoms with Gasteiger partial charge in [0.25, 0.3) is 0 Å². The highest BCUT2D eigenvalue weighted by molar-refractivity contribution is 5.91. The van der Waals surface area contributed by atoms with Crippen molar-refractivity contribution < 1.29 is 36.2 Å². The highest BCUT2D eigenvalue weighted by atomic mass is 19.4. The van der Waals surface area contributed by atoms with E-state index in [1.54, 1.807) is 20.8 Å². The Balaban J connectivity index is 2.46. The lowest BCUT2D eigenvalue weighted by Gasteiger charge is -2.14. The third kappa shape index (κ3) is 5.90. The fourth-order valence-corrected chi connectivity index (χ4v) is 2.97. The molecule has 2 heterocycles. The number of aromatic nitrogens is 3. The Morgan fingerprint density at radius 3 is 2.53 bits per heavy atom. The van der Waals surface area contributed by atoms with Crippen molar-refractivity contribution in [1.29, 1.82) is 0 Å². The van der Waals surface area contributed by atoms with Gasteiger partial charge in [-0.25, -0.2) is 4.79 Å². The van der Waals surface area contributed by atoms with Gasteiger partial charge in [0, 0.05) is 36.5 Å². The zero-order chi connectivity index (χ0) is 22.5. The van der Waals surface area contributed by atoms with Crippen molar-refractivity contribution >= 4 is 5.97 Å². The van der Waals surface area contributed by atoms with E-state index in [1.807, 2.05) is 0 Å². The average Bonchev–Trinajstić information content (AvgIpc) is 2.97. The Labute approximate surface area is 170 Å². The average molecular weight is 435 g/mol. The number of ether oxygens (including phenoxy) is 2. The molecule has 0 fully saturated rings. The summed E-state index contributed by atoms with van der Waals surface area (Å²) in [4.78, 5) is 16.2. The van der Waals surface area contributed by atoms with Crippen LogP contribution in [-0.2, 0) is 17.7 Å². The first kappa shape index (κ1) is 23.6. The lowest BCUT2D eigenvalue weighted by Crippen LogP contribution is -2.09. The normalized spacial score (nSPS) is 11.8. The smallest absolute Gasteiger partial charge is 0.389 e. The van der Waals surface area contributed by atoms with Crippen LogP contribution in [0.2, 0.25) is 0 Å². The molecule has 6 nitrogen and oxygen atoms in total. The van der Waals surface area contributed by atoms with E-state index in [2.05, 4.69) is 14.8 Å². The van der Waals surface area contributed by atoms with E-state index >= 15 is 0 Å². The minimum Gasteiger partial charge on any atom is -0.461 e. The standard InChI is InChI=1S/C19H22F5N3O3/c1-4-27-16(11(3)15(26-27)17(28)29-5-2)13-10-25-12(7-6-8-19(22,23)24)9-14(13)30-18(20)21/h9-10,18H,4-8H2,1-3H3. The summed E-state index contributed by atoms with van der Waals surface area (Å²) in [6.07, 6.45) is -4.36. The van der Waals surface area contributed by atoms with E-state index in [-0.39, 0.29) is 42.1 Å². The Bertz CT molecular complexity index is 881. The van der Waals surface area contributed by atoms with Crippen molar-refractivity contribution in [2.24, 2.45) is 0 Å². The van der Waals surface area contributed by atoms with Gasteiger partial charge in [0.1, 0.15) is 5.75 Å². The van der Waals surface area contributed by atoms with Crippen molar-refractivity contribution in [1.82, 2.24) is 14.8 Å². The second kappa shape index (κ2) is 9.86. The molecule has 0 amide bonds. The minimum atomic E-state index is -4.31. The number of nitrogens with zero attached hydrogens (tertiary/aromatic N) is 3. The van der Waals surface area contributed by atoms with Crippen LogP contribution in [-0.4, -0.2) is 40.1 Å². The number of carbonyl (C=O) groups excluding carboxylic acids is 1. The van der Waals surface area contributed by atoms with E-state index in [0.29, 0.717) is 17.8 Å². The van der Waals surface area contributed by atoms with Crippen LogP contribution in [0.4, 0.5) is 22.0 Å². The SMILES string of the molecule is CCOC(=O)c1nn(CC)c(-c2cnc(CCCC(F)(F)F)cc2OC(F)F)c1C. The Kier molecular flexibility index (Phi) is 7.74. The molecule has 0 radical (unpaired) electrons. The molecule has 2 rings (SSSR count). The summed E-state index contributed by atoms with van der Waals surface area (Å²) in [7, 11) is 0. The number of hydrogen-bond donors (Lipinski definition) is 0. The number of hydrogen-bond acceptors (Lipinski definition) is 5. The summed E-state index contributed by atoms with van der Waals surface area (Å²) < 4.78 is 74.0. The van der Waals surface area contributed by atoms with Gasteiger partial charge in [-0.3, -0.25) is 9.67 Å². The number of halogens is 5. The van der Waals surface area contributed by atoms with Crippen molar-refractivity contribution in [2.75, 3.05) is 6.61 Å². The van der Waals surface area contributed by atoms with Crippen molar-refractivity contribution in [3.05, 3.63) is 29.2 Å². The largest absolute Gasteiger partial charge is 0.461 e. The van der Waals surface area contributed by atoms with Crippen molar-refractivity contribution in [2.45, 2.75) is 59.4 Å². The van der Waals surface area contributed by atoms with Crippen LogP contribution in [0.1, 0.15) is 48.4 Å². The molecule has 0 aliphatic carbocycles. The lowest BCUT2D eigenvalue weighted by atomic mass is 10.1. The van der Waals surface area contributed by atoms with Gasteiger partial charge in [0.15, 0.2) is 5.69 Å². The maximum absolute atomic E-state index is 13.0. The maximum atomic E-state index is 13.0. The molecule has 30 heavy (non-hydrogen) atoms. The van der Waals surface area contributed by atoms with Gasteiger partial charge in [-0.15, -0.1) is 0 Å². The van der Waals surface area contributed by atoms with E-state index in [9.17, 15) is 26.7 Å². The molecule has 0 N–H and O–H groups in total. The van der Waals surface area contributed by atoms with E-state index < -0.39 is 25.2 Å². The molecule has 0 aliphatic heterocycles. The topological polar surface area (TPSA) is 66.2 Å². The van der Waals surface area contributed by atoms with Crippen LogP contribution in [0.5, 0.6) is 5.75 Å². The van der Waals surface area contributed by atoms with E-state index in [0.717, 1.165) is 0 Å². The molecule has 0 saturated carbocycles. The molecule has 0 spiro atoms. The second-order valence-electron chi connectivity index (χ2n) is 6.38. The molecule has 0 atom stereocenters. The zero-order valence-electron chi connectivity index (χ0n) is 16.7. The number of pyridine rings is 1. The van der Waals surface area contributed by atoms with Gasteiger partial charge in [-0.2, -0.15) is 27.1 Å². The van der Waals surface area contributed by atoms with Crippen LogP contribution >= 0.6 is 0 Å². The molecule has 166 valence electrons. The highest BCUT2D eigenvalue weighted by Gasteiger charge is 2.27. The fraction of sp³-hybridized carbons (Fsp3) is 0.526. The Morgan fingerprint density at radius 2 is 1.97 bits per heavy atom. The van der Waals surface area contributed by atoms with Crippen molar-refractivity contribution in [3.63, 3.8) is 0 Å². The first-order valence-electron chi connectivity index (χ1n) is 9.32. The second-order valence-corrected chi connectivity index (χ2v) is 6.38. The molecule has 11 heteroatoms. The number of rotatable bonds is 9. The minimum absolute atomic E-state index is 0.0333.